The number of halogens is 7. The Hall–Kier alpha value is -2.45. The number of rotatable bonds is 7. The van der Waals surface area contributed by atoms with Crippen molar-refractivity contribution in [3.63, 3.8) is 0 Å². The summed E-state index contributed by atoms with van der Waals surface area (Å²) in [6.07, 6.45) is -3.61. The molecule has 2 nitrogen and oxygen atoms in total. The van der Waals surface area contributed by atoms with Gasteiger partial charge in [0.25, 0.3) is 0 Å². The van der Waals surface area contributed by atoms with E-state index in [1.165, 1.54) is 26.1 Å². The van der Waals surface area contributed by atoms with Crippen LogP contribution in [0.1, 0.15) is 39.3 Å². The normalized spacial score (nSPS) is 13.8. The van der Waals surface area contributed by atoms with Gasteiger partial charge in [0.15, 0.2) is 0 Å². The number of aryl methyl sites for hydroxylation is 2. The molecule has 0 amide bonds. The number of nitrogens with one attached hydrogen (secondary N) is 1. The second-order valence-corrected chi connectivity index (χ2v) is 7.73. The Labute approximate surface area is 188 Å². The summed E-state index contributed by atoms with van der Waals surface area (Å²) in [6.45, 7) is 7.94. The van der Waals surface area contributed by atoms with Gasteiger partial charge in [-0.1, -0.05) is 36.4 Å². The largest absolute Gasteiger partial charge is 0.399 e. The Morgan fingerprint density at radius 1 is 1.06 bits per heavy atom. The van der Waals surface area contributed by atoms with Gasteiger partial charge in [0.1, 0.15) is 11.7 Å². The highest BCUT2D eigenvalue weighted by Crippen LogP contribution is 2.41. The van der Waals surface area contributed by atoms with Crippen molar-refractivity contribution in [1.82, 2.24) is 10.4 Å². The predicted molar refractivity (Wildman–Crippen MR) is 115 cm³/mol. The van der Waals surface area contributed by atoms with Gasteiger partial charge in [-0.15, -0.1) is 0 Å². The number of hydrogen-bond acceptors (Lipinski definition) is 2. The zero-order valence-corrected chi connectivity index (χ0v) is 18.7. The summed E-state index contributed by atoms with van der Waals surface area (Å²) in [5.74, 6) is -3.60. The first-order valence-electron chi connectivity index (χ1n) is 9.53. The molecule has 0 radical (unpaired) electrons. The highest BCUT2D eigenvalue weighted by Gasteiger charge is 2.41. The van der Waals surface area contributed by atoms with E-state index in [-0.39, 0.29) is 16.1 Å². The fraction of sp³-hybridized carbons (Fsp3) is 0.304. The molecule has 1 unspecified atom stereocenters. The van der Waals surface area contributed by atoms with Gasteiger partial charge in [0.2, 0.25) is 0 Å². The highest BCUT2D eigenvalue weighted by atomic mass is 35.5. The monoisotopic (exact) mass is 476 g/mol. The third-order valence-corrected chi connectivity index (χ3v) is 5.61. The van der Waals surface area contributed by atoms with Crippen LogP contribution in [-0.4, -0.2) is 18.2 Å². The molecule has 0 fully saturated rings. The Balaban J connectivity index is 2.60. The first-order chi connectivity index (χ1) is 14.7. The summed E-state index contributed by atoms with van der Waals surface area (Å²) in [5.41, 5.74) is 2.28. The lowest BCUT2D eigenvalue weighted by molar-refractivity contribution is -0.150. The van der Waals surface area contributed by atoms with Crippen molar-refractivity contribution in [3.05, 3.63) is 87.6 Å². The SMILES string of the molecule is C=CN(NC)C(F)(F)c1cc(/C(F)=C/C(c2cc(C)c(C)c(Cl)c2)C(F)(F)F)ccc1C. The number of hydrogen-bond donors (Lipinski definition) is 1. The second kappa shape index (κ2) is 9.58. The van der Waals surface area contributed by atoms with Gasteiger partial charge in [-0.25, -0.2) is 9.82 Å². The maximum absolute atomic E-state index is 15.0. The molecule has 1 N–H and O–H groups in total. The van der Waals surface area contributed by atoms with E-state index in [9.17, 15) is 26.3 Å². The molecule has 2 aromatic carbocycles. The van der Waals surface area contributed by atoms with Crippen molar-refractivity contribution in [3.8, 4) is 0 Å². The number of nitrogens with zero attached hydrogens (tertiary/aromatic N) is 1. The number of alkyl halides is 5. The van der Waals surface area contributed by atoms with Crippen LogP contribution in [-0.2, 0) is 6.05 Å². The van der Waals surface area contributed by atoms with Crippen molar-refractivity contribution in [2.45, 2.75) is 38.9 Å². The summed E-state index contributed by atoms with van der Waals surface area (Å²) in [5, 5.41) is 0.535. The molecule has 32 heavy (non-hydrogen) atoms. The first kappa shape index (κ1) is 25.8. The van der Waals surface area contributed by atoms with E-state index in [0.717, 1.165) is 24.4 Å². The predicted octanol–water partition coefficient (Wildman–Crippen LogP) is 7.55. The van der Waals surface area contributed by atoms with E-state index in [1.54, 1.807) is 13.8 Å². The van der Waals surface area contributed by atoms with Gasteiger partial charge < -0.3 is 0 Å². The number of hydrazine groups is 1. The number of allylic oxidation sites excluding steroid dienone is 1. The Kier molecular flexibility index (Phi) is 7.73. The fourth-order valence-corrected chi connectivity index (χ4v) is 3.49. The van der Waals surface area contributed by atoms with Gasteiger partial charge in [0, 0.05) is 29.4 Å². The van der Waals surface area contributed by atoms with Crippen molar-refractivity contribution >= 4 is 17.4 Å². The lowest BCUT2D eigenvalue weighted by Crippen LogP contribution is -2.43. The third kappa shape index (κ3) is 5.30. The van der Waals surface area contributed by atoms with Gasteiger partial charge >= 0.3 is 12.2 Å². The van der Waals surface area contributed by atoms with Crippen LogP contribution in [0, 0.1) is 20.8 Å². The molecular formula is C23H23ClF6N2. The summed E-state index contributed by atoms with van der Waals surface area (Å²) < 4.78 is 86.0. The molecule has 0 bridgehead atoms. The molecule has 1 atom stereocenters. The molecule has 174 valence electrons. The van der Waals surface area contributed by atoms with Crippen molar-refractivity contribution < 1.29 is 26.3 Å². The molecule has 2 aromatic rings. The van der Waals surface area contributed by atoms with E-state index in [1.807, 2.05) is 0 Å². The second-order valence-electron chi connectivity index (χ2n) is 7.33. The van der Waals surface area contributed by atoms with Gasteiger partial charge in [-0.2, -0.15) is 22.0 Å². The van der Waals surface area contributed by atoms with Crippen LogP contribution in [0.25, 0.3) is 5.83 Å². The molecule has 9 heteroatoms. The van der Waals surface area contributed by atoms with Crippen LogP contribution in [0.2, 0.25) is 5.02 Å². The van der Waals surface area contributed by atoms with Crippen LogP contribution in [0.5, 0.6) is 0 Å². The maximum atomic E-state index is 15.0. The number of benzene rings is 2. The molecule has 0 aliphatic carbocycles. The molecule has 2 rings (SSSR count). The smallest absolute Gasteiger partial charge is 0.250 e. The summed E-state index contributed by atoms with van der Waals surface area (Å²) in [6, 6.07) is 2.00. The van der Waals surface area contributed by atoms with Crippen molar-refractivity contribution in [1.29, 1.82) is 0 Å². The first-order valence-corrected chi connectivity index (χ1v) is 9.91. The average Bonchev–Trinajstić information content (AvgIpc) is 2.69. The van der Waals surface area contributed by atoms with Crippen molar-refractivity contribution in [2.75, 3.05) is 7.05 Å². The van der Waals surface area contributed by atoms with Crippen LogP contribution in [0.4, 0.5) is 26.3 Å². The van der Waals surface area contributed by atoms with Crippen LogP contribution < -0.4 is 5.43 Å². The van der Waals surface area contributed by atoms with Gasteiger partial charge in [0.05, 0.1) is 0 Å². The minimum absolute atomic E-state index is 0.122. The third-order valence-electron chi connectivity index (χ3n) is 5.21. The molecule has 0 aliphatic rings. The molecule has 0 saturated heterocycles. The zero-order chi connectivity index (χ0) is 24.4. The van der Waals surface area contributed by atoms with E-state index >= 15 is 0 Å². The van der Waals surface area contributed by atoms with Crippen molar-refractivity contribution in [2.24, 2.45) is 0 Å². The van der Waals surface area contributed by atoms with Crippen LogP contribution in [0.3, 0.4) is 0 Å². The lowest BCUT2D eigenvalue weighted by Gasteiger charge is -2.30. The standard InChI is InChI=1S/C23H23ClF6N2/c1-6-32(31-5)23(29,30)18-10-16(8-7-13(18)2)21(25)12-19(22(26,27)28)17-9-14(3)15(4)20(24)11-17/h6-12,19,31H,1H2,2-5H3/b21-12-. The average molecular weight is 477 g/mol. The molecule has 0 spiro atoms. The van der Waals surface area contributed by atoms with E-state index < -0.39 is 35.1 Å². The molecule has 0 saturated carbocycles. The molecule has 0 aliphatic heterocycles. The fourth-order valence-electron chi connectivity index (χ4n) is 3.22. The minimum atomic E-state index is -4.83. The minimum Gasteiger partial charge on any atom is -0.250 e. The molecule has 0 heterocycles. The van der Waals surface area contributed by atoms with Crippen LogP contribution >= 0.6 is 11.6 Å². The molecular weight excluding hydrogens is 454 g/mol. The van der Waals surface area contributed by atoms with E-state index in [0.29, 0.717) is 22.2 Å². The summed E-state index contributed by atoms with van der Waals surface area (Å²) >= 11 is 6.03. The Morgan fingerprint density at radius 3 is 2.19 bits per heavy atom. The zero-order valence-electron chi connectivity index (χ0n) is 17.9. The van der Waals surface area contributed by atoms with E-state index in [2.05, 4.69) is 12.0 Å². The molecule has 0 aromatic heterocycles. The Bertz CT molecular complexity index is 1010. The van der Waals surface area contributed by atoms with Gasteiger partial charge in [-0.05, 0) is 61.2 Å². The van der Waals surface area contributed by atoms with E-state index in [4.69, 9.17) is 11.6 Å². The Morgan fingerprint density at radius 2 is 1.69 bits per heavy atom. The topological polar surface area (TPSA) is 15.3 Å². The summed E-state index contributed by atoms with van der Waals surface area (Å²) in [7, 11) is 1.25. The lowest BCUT2D eigenvalue weighted by atomic mass is 9.93. The quantitative estimate of drug-likeness (QED) is 0.252. The maximum Gasteiger partial charge on any atom is 0.399 e. The van der Waals surface area contributed by atoms with Crippen LogP contribution in [0.15, 0.2) is 49.2 Å². The van der Waals surface area contributed by atoms with Gasteiger partial charge in [-0.3, -0.25) is 5.01 Å². The summed E-state index contributed by atoms with van der Waals surface area (Å²) in [4.78, 5) is 0. The highest BCUT2D eigenvalue weighted by molar-refractivity contribution is 6.31.